The minimum Gasteiger partial charge on any atom is -0.322 e. The van der Waals surface area contributed by atoms with Crippen LogP contribution in [0.4, 0.5) is 5.69 Å². The number of aromatic nitrogens is 3. The molecule has 0 atom stereocenters. The zero-order chi connectivity index (χ0) is 19.5. The first-order valence-corrected chi connectivity index (χ1v) is 9.14. The van der Waals surface area contributed by atoms with Crippen molar-refractivity contribution in [2.45, 2.75) is 6.92 Å². The Balaban J connectivity index is 1.53. The van der Waals surface area contributed by atoms with Crippen molar-refractivity contribution < 1.29 is 4.79 Å². The predicted octanol–water partition coefficient (Wildman–Crippen LogP) is 5.03. The number of rotatable bonds is 4. The van der Waals surface area contributed by atoms with Crippen LogP contribution in [-0.2, 0) is 4.79 Å². The number of halogens is 1. The molecule has 5 nitrogen and oxygen atoms in total. The number of benzene rings is 3. The molecule has 1 heterocycles. The number of amides is 1. The molecule has 0 fully saturated rings. The smallest absolute Gasteiger partial charge is 0.248 e. The lowest BCUT2D eigenvalue weighted by molar-refractivity contribution is -0.111. The fourth-order valence-corrected chi connectivity index (χ4v) is 2.91. The molecule has 4 rings (SSSR count). The quantitative estimate of drug-likeness (QED) is 0.498. The Kier molecular flexibility index (Phi) is 4.91. The van der Waals surface area contributed by atoms with E-state index in [0.29, 0.717) is 16.2 Å². The third-order valence-electron chi connectivity index (χ3n) is 4.26. The fourth-order valence-electron chi connectivity index (χ4n) is 2.73. The summed E-state index contributed by atoms with van der Waals surface area (Å²) < 4.78 is 0. The van der Waals surface area contributed by atoms with E-state index in [-0.39, 0.29) is 5.91 Å². The van der Waals surface area contributed by atoms with E-state index in [4.69, 9.17) is 11.6 Å². The number of hydrogen-bond donors (Lipinski definition) is 1. The molecule has 0 spiro atoms. The van der Waals surface area contributed by atoms with E-state index in [2.05, 4.69) is 15.5 Å². The second kappa shape index (κ2) is 7.66. The Morgan fingerprint density at radius 1 is 1.00 bits per heavy atom. The topological polar surface area (TPSA) is 59.8 Å². The lowest BCUT2D eigenvalue weighted by atomic mass is 10.2. The van der Waals surface area contributed by atoms with Gasteiger partial charge in [0.15, 0.2) is 0 Å². The maximum atomic E-state index is 12.2. The van der Waals surface area contributed by atoms with E-state index in [9.17, 15) is 4.79 Å². The Morgan fingerprint density at radius 2 is 1.79 bits per heavy atom. The van der Waals surface area contributed by atoms with Gasteiger partial charge in [0.2, 0.25) is 5.91 Å². The van der Waals surface area contributed by atoms with Crippen molar-refractivity contribution in [2.75, 3.05) is 5.32 Å². The minimum absolute atomic E-state index is 0.207. The Hall–Kier alpha value is -3.44. The molecule has 0 saturated carbocycles. The van der Waals surface area contributed by atoms with E-state index < -0.39 is 0 Å². The summed E-state index contributed by atoms with van der Waals surface area (Å²) in [4.78, 5) is 13.7. The molecular formula is C22H17ClN4O. The van der Waals surface area contributed by atoms with Crippen molar-refractivity contribution in [3.63, 3.8) is 0 Å². The normalized spacial score (nSPS) is 11.2. The first-order chi connectivity index (χ1) is 13.6. The summed E-state index contributed by atoms with van der Waals surface area (Å²) in [6.07, 6.45) is 3.27. The minimum atomic E-state index is -0.207. The molecule has 0 aliphatic heterocycles. The molecule has 3 aromatic carbocycles. The van der Waals surface area contributed by atoms with Gasteiger partial charge >= 0.3 is 0 Å². The summed E-state index contributed by atoms with van der Waals surface area (Å²) in [6.45, 7) is 1.94. The molecule has 28 heavy (non-hydrogen) atoms. The predicted molar refractivity (Wildman–Crippen MR) is 113 cm³/mol. The van der Waals surface area contributed by atoms with Gasteiger partial charge in [0.05, 0.1) is 5.69 Å². The number of anilines is 1. The highest BCUT2D eigenvalue weighted by Gasteiger charge is 2.08. The monoisotopic (exact) mass is 388 g/mol. The molecule has 0 aliphatic carbocycles. The van der Waals surface area contributed by atoms with Crippen LogP contribution in [0.5, 0.6) is 0 Å². The van der Waals surface area contributed by atoms with Gasteiger partial charge in [0.25, 0.3) is 0 Å². The van der Waals surface area contributed by atoms with Crippen molar-refractivity contribution in [2.24, 2.45) is 0 Å². The summed E-state index contributed by atoms with van der Waals surface area (Å²) in [5, 5.41) is 12.5. The average Bonchev–Trinajstić information content (AvgIpc) is 3.13. The van der Waals surface area contributed by atoms with Crippen LogP contribution in [0.1, 0.15) is 11.1 Å². The molecule has 0 aliphatic rings. The first-order valence-electron chi connectivity index (χ1n) is 8.76. The second-order valence-electron chi connectivity index (χ2n) is 6.36. The molecule has 0 unspecified atom stereocenters. The highest BCUT2D eigenvalue weighted by atomic mass is 35.5. The van der Waals surface area contributed by atoms with E-state index >= 15 is 0 Å². The number of hydrogen-bond acceptors (Lipinski definition) is 3. The van der Waals surface area contributed by atoms with Crippen LogP contribution in [0, 0.1) is 6.92 Å². The van der Waals surface area contributed by atoms with E-state index in [0.717, 1.165) is 22.3 Å². The number of aryl methyl sites for hydroxylation is 1. The molecule has 6 heteroatoms. The molecule has 0 bridgehead atoms. The van der Waals surface area contributed by atoms with Gasteiger partial charge in [-0.2, -0.15) is 4.80 Å². The van der Waals surface area contributed by atoms with E-state index in [1.54, 1.807) is 18.2 Å². The molecule has 0 saturated heterocycles. The molecular weight excluding hydrogens is 372 g/mol. The Labute approximate surface area is 167 Å². The second-order valence-corrected chi connectivity index (χ2v) is 6.77. The van der Waals surface area contributed by atoms with E-state index in [1.807, 2.05) is 61.5 Å². The van der Waals surface area contributed by atoms with Crippen molar-refractivity contribution in [3.05, 3.63) is 89.0 Å². The standard InChI is InChI=1S/C22H17ClN4O/c1-15-7-10-18(14-19(15)23)27-25-20-11-9-17(13-21(20)26-27)24-22(28)12-8-16-5-3-2-4-6-16/h2-14H,1H3,(H,24,28). The molecule has 1 N–H and O–H groups in total. The first kappa shape index (κ1) is 17.9. The number of nitrogens with zero attached hydrogens (tertiary/aromatic N) is 3. The highest BCUT2D eigenvalue weighted by Crippen LogP contribution is 2.21. The summed E-state index contributed by atoms with van der Waals surface area (Å²) in [5.41, 5.74) is 4.81. The fraction of sp³-hybridized carbons (Fsp3) is 0.0455. The molecule has 1 amide bonds. The number of carbonyl (C=O) groups excluding carboxylic acids is 1. The van der Waals surface area contributed by atoms with Gasteiger partial charge in [-0.25, -0.2) is 0 Å². The van der Waals surface area contributed by atoms with Crippen LogP contribution >= 0.6 is 11.6 Å². The van der Waals surface area contributed by atoms with Crippen molar-refractivity contribution in [1.29, 1.82) is 0 Å². The van der Waals surface area contributed by atoms with Crippen LogP contribution in [0.2, 0.25) is 5.02 Å². The third kappa shape index (κ3) is 3.94. The van der Waals surface area contributed by atoms with Gasteiger partial charge in [0, 0.05) is 16.8 Å². The van der Waals surface area contributed by atoms with Crippen LogP contribution in [-0.4, -0.2) is 20.9 Å². The van der Waals surface area contributed by atoms with E-state index in [1.165, 1.54) is 10.9 Å². The van der Waals surface area contributed by atoms with Gasteiger partial charge in [-0.3, -0.25) is 4.79 Å². The molecule has 138 valence electrons. The summed E-state index contributed by atoms with van der Waals surface area (Å²) in [5.74, 6) is -0.207. The summed E-state index contributed by atoms with van der Waals surface area (Å²) in [6, 6.07) is 20.7. The Bertz CT molecular complexity index is 1180. The summed E-state index contributed by atoms with van der Waals surface area (Å²) in [7, 11) is 0. The number of fused-ring (bicyclic) bond motifs is 1. The van der Waals surface area contributed by atoms with Crippen molar-refractivity contribution in [3.8, 4) is 5.69 Å². The lowest BCUT2D eigenvalue weighted by Crippen LogP contribution is -2.07. The maximum Gasteiger partial charge on any atom is 0.248 e. The zero-order valence-corrected chi connectivity index (χ0v) is 15.9. The van der Waals surface area contributed by atoms with Gasteiger partial charge in [-0.05, 0) is 54.5 Å². The molecule has 0 radical (unpaired) electrons. The lowest BCUT2D eigenvalue weighted by Gasteiger charge is -2.02. The van der Waals surface area contributed by atoms with Crippen LogP contribution in [0.3, 0.4) is 0 Å². The zero-order valence-electron chi connectivity index (χ0n) is 15.1. The van der Waals surface area contributed by atoms with Gasteiger partial charge in [-0.15, -0.1) is 10.2 Å². The summed E-state index contributed by atoms with van der Waals surface area (Å²) >= 11 is 6.20. The third-order valence-corrected chi connectivity index (χ3v) is 4.67. The van der Waals surface area contributed by atoms with Gasteiger partial charge in [0.1, 0.15) is 11.0 Å². The highest BCUT2D eigenvalue weighted by molar-refractivity contribution is 6.31. The number of nitrogens with one attached hydrogen (secondary N) is 1. The Morgan fingerprint density at radius 3 is 2.57 bits per heavy atom. The van der Waals surface area contributed by atoms with Crippen LogP contribution < -0.4 is 5.32 Å². The maximum absolute atomic E-state index is 12.2. The van der Waals surface area contributed by atoms with Crippen molar-refractivity contribution in [1.82, 2.24) is 15.0 Å². The molecule has 1 aromatic heterocycles. The van der Waals surface area contributed by atoms with Gasteiger partial charge < -0.3 is 5.32 Å². The van der Waals surface area contributed by atoms with Gasteiger partial charge in [-0.1, -0.05) is 48.0 Å². The van der Waals surface area contributed by atoms with Crippen molar-refractivity contribution >= 4 is 40.3 Å². The SMILES string of the molecule is Cc1ccc(-n2nc3ccc(NC(=O)C=Cc4ccccc4)cc3n2)cc1Cl. The van der Waals surface area contributed by atoms with Crippen LogP contribution in [0.15, 0.2) is 72.8 Å². The molecule has 4 aromatic rings. The largest absolute Gasteiger partial charge is 0.322 e. The van der Waals surface area contributed by atoms with Crippen LogP contribution in [0.25, 0.3) is 22.8 Å². The number of carbonyl (C=O) groups is 1. The average molecular weight is 389 g/mol.